The smallest absolute Gasteiger partial charge is 0.290 e. The van der Waals surface area contributed by atoms with Crippen molar-refractivity contribution >= 4 is 11.5 Å². The minimum absolute atomic E-state index is 0.0453. The molecule has 18 heavy (non-hydrogen) atoms. The van der Waals surface area contributed by atoms with E-state index in [0.29, 0.717) is 18.1 Å². The zero-order valence-electron chi connectivity index (χ0n) is 10.6. The Morgan fingerprint density at radius 2 is 2.39 bits per heavy atom. The number of nitrogens with one attached hydrogen (secondary N) is 1. The second-order valence-electron chi connectivity index (χ2n) is 4.81. The zero-order valence-corrected chi connectivity index (χ0v) is 10.6. The van der Waals surface area contributed by atoms with Crippen molar-refractivity contribution in [3.63, 3.8) is 0 Å². The van der Waals surface area contributed by atoms with Crippen LogP contribution in [0.4, 0.5) is 11.5 Å². The highest BCUT2D eigenvalue weighted by Crippen LogP contribution is 2.25. The lowest BCUT2D eigenvalue weighted by atomic mass is 10.0. The molecule has 1 unspecified atom stereocenters. The van der Waals surface area contributed by atoms with Crippen LogP contribution in [-0.4, -0.2) is 28.7 Å². The van der Waals surface area contributed by atoms with Crippen LogP contribution in [0.3, 0.4) is 0 Å². The van der Waals surface area contributed by atoms with Crippen LogP contribution in [-0.2, 0) is 4.74 Å². The summed E-state index contributed by atoms with van der Waals surface area (Å²) in [6, 6.07) is 3.10. The third-order valence-electron chi connectivity index (χ3n) is 3.20. The summed E-state index contributed by atoms with van der Waals surface area (Å²) in [7, 11) is 0. The van der Waals surface area contributed by atoms with Gasteiger partial charge < -0.3 is 10.1 Å². The van der Waals surface area contributed by atoms with Crippen molar-refractivity contribution in [1.29, 1.82) is 0 Å². The second kappa shape index (κ2) is 4.89. The topological polar surface area (TPSA) is 77.3 Å². The highest BCUT2D eigenvalue weighted by molar-refractivity contribution is 5.45. The van der Waals surface area contributed by atoms with Crippen molar-refractivity contribution in [3.05, 3.63) is 27.9 Å². The SMILES string of the molecule is Cc1nc(NCC2(C)CCCO2)ccc1[N+](=O)[O-]. The van der Waals surface area contributed by atoms with Gasteiger partial charge in [-0.25, -0.2) is 4.98 Å². The molecule has 1 fully saturated rings. The van der Waals surface area contributed by atoms with Gasteiger partial charge in [-0.2, -0.15) is 0 Å². The average molecular weight is 251 g/mol. The number of hydrogen-bond acceptors (Lipinski definition) is 5. The summed E-state index contributed by atoms with van der Waals surface area (Å²) in [5.74, 6) is 0.648. The van der Waals surface area contributed by atoms with E-state index in [0.717, 1.165) is 19.4 Å². The summed E-state index contributed by atoms with van der Waals surface area (Å²) in [5.41, 5.74) is 0.309. The number of hydrogen-bond donors (Lipinski definition) is 1. The second-order valence-corrected chi connectivity index (χ2v) is 4.81. The maximum Gasteiger partial charge on any atom is 0.290 e. The quantitative estimate of drug-likeness (QED) is 0.656. The molecule has 1 saturated heterocycles. The summed E-state index contributed by atoms with van der Waals surface area (Å²) in [6.07, 6.45) is 2.09. The molecule has 0 amide bonds. The van der Waals surface area contributed by atoms with Crippen LogP contribution < -0.4 is 5.32 Å². The normalized spacial score (nSPS) is 23.0. The molecule has 2 heterocycles. The molecule has 0 radical (unpaired) electrons. The first-order valence-electron chi connectivity index (χ1n) is 6.00. The van der Waals surface area contributed by atoms with Crippen LogP contribution in [0.5, 0.6) is 0 Å². The number of rotatable bonds is 4. The van der Waals surface area contributed by atoms with E-state index in [9.17, 15) is 10.1 Å². The van der Waals surface area contributed by atoms with Gasteiger partial charge >= 0.3 is 0 Å². The number of aryl methyl sites for hydroxylation is 1. The van der Waals surface area contributed by atoms with Gasteiger partial charge in [0.2, 0.25) is 0 Å². The first kappa shape index (κ1) is 12.8. The number of nitrogens with zero attached hydrogens (tertiary/aromatic N) is 2. The molecule has 1 aliphatic rings. The van der Waals surface area contributed by atoms with Crippen molar-refractivity contribution in [1.82, 2.24) is 4.98 Å². The maximum absolute atomic E-state index is 10.7. The third-order valence-corrected chi connectivity index (χ3v) is 3.20. The Hall–Kier alpha value is -1.69. The average Bonchev–Trinajstić information content (AvgIpc) is 2.74. The number of nitro groups is 1. The number of aromatic nitrogens is 1. The molecule has 1 aromatic heterocycles. The predicted octanol–water partition coefficient (Wildman–Crippen LogP) is 2.28. The number of ether oxygens (including phenoxy) is 1. The van der Waals surface area contributed by atoms with Gasteiger partial charge in [-0.3, -0.25) is 10.1 Å². The Morgan fingerprint density at radius 1 is 1.61 bits per heavy atom. The van der Waals surface area contributed by atoms with Crippen molar-refractivity contribution in [3.8, 4) is 0 Å². The summed E-state index contributed by atoms with van der Waals surface area (Å²) >= 11 is 0. The van der Waals surface area contributed by atoms with Crippen LogP contribution in [0.15, 0.2) is 12.1 Å². The van der Waals surface area contributed by atoms with Gasteiger partial charge in [-0.05, 0) is 32.8 Å². The minimum Gasteiger partial charge on any atom is -0.373 e. The van der Waals surface area contributed by atoms with Crippen molar-refractivity contribution in [2.45, 2.75) is 32.3 Å². The van der Waals surface area contributed by atoms with Gasteiger partial charge in [0.1, 0.15) is 11.5 Å². The summed E-state index contributed by atoms with van der Waals surface area (Å²) in [6.45, 7) is 5.16. The Balaban J connectivity index is 2.02. The Bertz CT molecular complexity index is 456. The summed E-state index contributed by atoms with van der Waals surface area (Å²) < 4.78 is 5.66. The van der Waals surface area contributed by atoms with Gasteiger partial charge in [0, 0.05) is 19.2 Å². The molecule has 1 N–H and O–H groups in total. The van der Waals surface area contributed by atoms with Crippen LogP contribution in [0.1, 0.15) is 25.5 Å². The van der Waals surface area contributed by atoms with Crippen molar-refractivity contribution in [2.24, 2.45) is 0 Å². The molecule has 1 atom stereocenters. The van der Waals surface area contributed by atoms with Crippen LogP contribution in [0.2, 0.25) is 0 Å². The fraction of sp³-hybridized carbons (Fsp3) is 0.583. The largest absolute Gasteiger partial charge is 0.373 e. The molecule has 0 spiro atoms. The standard InChI is InChI=1S/C12H17N3O3/c1-9-10(15(16)17)4-5-11(14-9)13-8-12(2)6-3-7-18-12/h4-5H,3,6-8H2,1-2H3,(H,13,14). The van der Waals surface area contributed by atoms with E-state index < -0.39 is 4.92 Å². The van der Waals surface area contributed by atoms with Gasteiger partial charge in [-0.1, -0.05) is 0 Å². The van der Waals surface area contributed by atoms with E-state index in [-0.39, 0.29) is 11.3 Å². The van der Waals surface area contributed by atoms with Crippen molar-refractivity contribution < 1.29 is 9.66 Å². The molecule has 0 bridgehead atoms. The van der Waals surface area contributed by atoms with E-state index in [1.54, 1.807) is 13.0 Å². The van der Waals surface area contributed by atoms with Crippen LogP contribution >= 0.6 is 0 Å². The van der Waals surface area contributed by atoms with Crippen molar-refractivity contribution in [2.75, 3.05) is 18.5 Å². The van der Waals surface area contributed by atoms with Gasteiger partial charge in [-0.15, -0.1) is 0 Å². The molecular formula is C12H17N3O3. The molecule has 98 valence electrons. The highest BCUT2D eigenvalue weighted by atomic mass is 16.6. The molecule has 0 saturated carbocycles. The number of pyridine rings is 1. The lowest BCUT2D eigenvalue weighted by molar-refractivity contribution is -0.385. The molecule has 2 rings (SSSR count). The molecule has 0 aromatic carbocycles. The van der Waals surface area contributed by atoms with E-state index in [1.165, 1.54) is 6.07 Å². The van der Waals surface area contributed by atoms with E-state index in [2.05, 4.69) is 17.2 Å². The minimum atomic E-state index is -0.423. The molecule has 0 aliphatic carbocycles. The van der Waals surface area contributed by atoms with E-state index >= 15 is 0 Å². The summed E-state index contributed by atoms with van der Waals surface area (Å²) in [4.78, 5) is 14.4. The third kappa shape index (κ3) is 2.76. The van der Waals surface area contributed by atoms with Crippen LogP contribution in [0, 0.1) is 17.0 Å². The first-order valence-corrected chi connectivity index (χ1v) is 6.00. The summed E-state index contributed by atoms with van der Waals surface area (Å²) in [5, 5.41) is 13.9. The Labute approximate surface area is 106 Å². The Morgan fingerprint density at radius 3 is 2.94 bits per heavy atom. The molecule has 1 aromatic rings. The van der Waals surface area contributed by atoms with Gasteiger partial charge in [0.15, 0.2) is 0 Å². The monoisotopic (exact) mass is 251 g/mol. The first-order chi connectivity index (χ1) is 8.50. The lowest BCUT2D eigenvalue weighted by Gasteiger charge is -2.23. The lowest BCUT2D eigenvalue weighted by Crippen LogP contribution is -2.32. The van der Waals surface area contributed by atoms with E-state index in [4.69, 9.17) is 4.74 Å². The zero-order chi connectivity index (χ0) is 13.2. The maximum atomic E-state index is 10.7. The van der Waals surface area contributed by atoms with Gasteiger partial charge in [0.25, 0.3) is 5.69 Å². The molecule has 1 aliphatic heterocycles. The molecular weight excluding hydrogens is 234 g/mol. The highest BCUT2D eigenvalue weighted by Gasteiger charge is 2.29. The Kier molecular flexibility index (Phi) is 3.47. The molecule has 6 heteroatoms. The fourth-order valence-electron chi connectivity index (χ4n) is 2.10. The number of anilines is 1. The van der Waals surface area contributed by atoms with Gasteiger partial charge in [0.05, 0.1) is 10.5 Å². The van der Waals surface area contributed by atoms with E-state index in [1.807, 2.05) is 0 Å². The predicted molar refractivity (Wildman–Crippen MR) is 67.7 cm³/mol. The molecule has 6 nitrogen and oxygen atoms in total. The fourth-order valence-corrected chi connectivity index (χ4v) is 2.10. The van der Waals surface area contributed by atoms with Crippen LogP contribution in [0.25, 0.3) is 0 Å².